The van der Waals surface area contributed by atoms with Crippen LogP contribution in [0.2, 0.25) is 0 Å². The summed E-state index contributed by atoms with van der Waals surface area (Å²) >= 11 is 0. The highest BCUT2D eigenvalue weighted by Crippen LogP contribution is 2.20. The van der Waals surface area contributed by atoms with Crippen molar-refractivity contribution in [2.75, 3.05) is 37.6 Å². The van der Waals surface area contributed by atoms with E-state index in [1.54, 1.807) is 0 Å². The third kappa shape index (κ3) is 4.68. The standard InChI is InChI=1S/C17H30N4/c1-5-7-18-14-15-13-16(6-8-19-15)20-9-11-21(12-10-20)17(2,3)4/h6,8,13,18H,5,7,9-12,14H2,1-4H3. The average molecular weight is 290 g/mol. The molecule has 2 heterocycles. The lowest BCUT2D eigenvalue weighted by Crippen LogP contribution is -2.53. The lowest BCUT2D eigenvalue weighted by atomic mass is 10.0. The maximum absolute atomic E-state index is 4.46. The number of aromatic nitrogens is 1. The van der Waals surface area contributed by atoms with Gasteiger partial charge < -0.3 is 10.2 Å². The first kappa shape index (κ1) is 16.2. The molecule has 1 N–H and O–H groups in total. The average Bonchev–Trinajstić information content (AvgIpc) is 2.47. The van der Waals surface area contributed by atoms with Gasteiger partial charge in [0.15, 0.2) is 0 Å². The number of pyridine rings is 1. The fraction of sp³-hybridized carbons (Fsp3) is 0.706. The van der Waals surface area contributed by atoms with E-state index in [4.69, 9.17) is 0 Å². The molecule has 1 aliphatic heterocycles. The summed E-state index contributed by atoms with van der Waals surface area (Å²) in [6.07, 6.45) is 3.10. The number of hydrogen-bond donors (Lipinski definition) is 1. The molecule has 1 saturated heterocycles. The van der Waals surface area contributed by atoms with E-state index in [9.17, 15) is 0 Å². The summed E-state index contributed by atoms with van der Waals surface area (Å²) in [5.74, 6) is 0. The third-order valence-electron chi connectivity index (χ3n) is 4.13. The van der Waals surface area contributed by atoms with E-state index in [2.05, 4.69) is 59.9 Å². The molecule has 1 fully saturated rings. The van der Waals surface area contributed by atoms with E-state index < -0.39 is 0 Å². The van der Waals surface area contributed by atoms with E-state index >= 15 is 0 Å². The fourth-order valence-corrected chi connectivity index (χ4v) is 2.79. The van der Waals surface area contributed by atoms with Crippen LogP contribution in [0.5, 0.6) is 0 Å². The zero-order valence-electron chi connectivity index (χ0n) is 14.0. The van der Waals surface area contributed by atoms with Gasteiger partial charge >= 0.3 is 0 Å². The third-order valence-corrected chi connectivity index (χ3v) is 4.13. The zero-order valence-corrected chi connectivity index (χ0v) is 14.0. The van der Waals surface area contributed by atoms with Gasteiger partial charge in [-0.2, -0.15) is 0 Å². The molecule has 0 spiro atoms. The van der Waals surface area contributed by atoms with Gasteiger partial charge in [-0.15, -0.1) is 0 Å². The van der Waals surface area contributed by atoms with Crippen molar-refractivity contribution in [3.8, 4) is 0 Å². The molecule has 118 valence electrons. The van der Waals surface area contributed by atoms with Crippen molar-refractivity contribution >= 4 is 5.69 Å². The molecule has 2 rings (SSSR count). The topological polar surface area (TPSA) is 31.4 Å². The smallest absolute Gasteiger partial charge is 0.0562 e. The Morgan fingerprint density at radius 1 is 1.19 bits per heavy atom. The minimum atomic E-state index is 0.277. The molecule has 0 atom stereocenters. The van der Waals surface area contributed by atoms with Crippen molar-refractivity contribution in [3.63, 3.8) is 0 Å². The molecule has 0 aromatic carbocycles. The maximum Gasteiger partial charge on any atom is 0.0562 e. The predicted octanol–water partition coefficient (Wildman–Crippen LogP) is 2.50. The molecule has 0 radical (unpaired) electrons. The number of nitrogens with zero attached hydrogens (tertiary/aromatic N) is 3. The van der Waals surface area contributed by atoms with Crippen molar-refractivity contribution < 1.29 is 0 Å². The molecule has 1 aromatic rings. The fourth-order valence-electron chi connectivity index (χ4n) is 2.79. The van der Waals surface area contributed by atoms with Gasteiger partial charge in [0.1, 0.15) is 0 Å². The summed E-state index contributed by atoms with van der Waals surface area (Å²) in [5, 5.41) is 3.42. The van der Waals surface area contributed by atoms with Gasteiger partial charge in [0.25, 0.3) is 0 Å². The van der Waals surface area contributed by atoms with Gasteiger partial charge in [-0.05, 0) is 45.9 Å². The molecule has 0 amide bonds. The normalized spacial score (nSPS) is 17.2. The van der Waals surface area contributed by atoms with Crippen LogP contribution < -0.4 is 10.2 Å². The van der Waals surface area contributed by atoms with Crippen LogP contribution in [0.1, 0.15) is 39.8 Å². The number of anilines is 1. The van der Waals surface area contributed by atoms with Gasteiger partial charge in [-0.1, -0.05) is 6.92 Å². The van der Waals surface area contributed by atoms with E-state index in [0.717, 1.165) is 51.4 Å². The number of nitrogens with one attached hydrogen (secondary N) is 1. The number of rotatable bonds is 5. The molecule has 4 nitrogen and oxygen atoms in total. The summed E-state index contributed by atoms with van der Waals surface area (Å²) in [6, 6.07) is 4.37. The van der Waals surface area contributed by atoms with Crippen molar-refractivity contribution in [3.05, 3.63) is 24.0 Å². The van der Waals surface area contributed by atoms with Crippen molar-refractivity contribution in [1.29, 1.82) is 0 Å². The first-order valence-electron chi connectivity index (χ1n) is 8.16. The van der Waals surface area contributed by atoms with Crippen LogP contribution in [-0.2, 0) is 6.54 Å². The molecular weight excluding hydrogens is 260 g/mol. The Morgan fingerprint density at radius 2 is 1.90 bits per heavy atom. The first-order chi connectivity index (χ1) is 10.0. The Kier molecular flexibility index (Phi) is 5.59. The second kappa shape index (κ2) is 7.23. The second-order valence-corrected chi connectivity index (χ2v) is 6.83. The summed E-state index contributed by atoms with van der Waals surface area (Å²) in [4.78, 5) is 9.50. The molecule has 0 unspecified atom stereocenters. The van der Waals surface area contributed by atoms with Crippen molar-refractivity contribution in [1.82, 2.24) is 15.2 Å². The SMILES string of the molecule is CCCNCc1cc(N2CCN(C(C)(C)C)CC2)ccn1. The van der Waals surface area contributed by atoms with E-state index in [1.165, 1.54) is 5.69 Å². The zero-order chi connectivity index (χ0) is 15.3. The van der Waals surface area contributed by atoms with E-state index in [-0.39, 0.29) is 5.54 Å². The van der Waals surface area contributed by atoms with Crippen LogP contribution in [0.25, 0.3) is 0 Å². The summed E-state index contributed by atoms with van der Waals surface area (Å²) in [7, 11) is 0. The van der Waals surface area contributed by atoms with Gasteiger partial charge in [-0.3, -0.25) is 9.88 Å². The first-order valence-corrected chi connectivity index (χ1v) is 8.16. The molecule has 0 saturated carbocycles. The highest BCUT2D eigenvalue weighted by atomic mass is 15.3. The minimum absolute atomic E-state index is 0.277. The van der Waals surface area contributed by atoms with E-state index in [0.29, 0.717) is 0 Å². The van der Waals surface area contributed by atoms with Crippen LogP contribution in [0.3, 0.4) is 0 Å². The number of piperazine rings is 1. The molecule has 21 heavy (non-hydrogen) atoms. The highest BCUT2D eigenvalue weighted by Gasteiger charge is 2.25. The summed E-state index contributed by atoms with van der Waals surface area (Å²) in [6.45, 7) is 15.5. The Labute approximate surface area is 129 Å². The van der Waals surface area contributed by atoms with Crippen molar-refractivity contribution in [2.45, 2.75) is 46.2 Å². The summed E-state index contributed by atoms with van der Waals surface area (Å²) < 4.78 is 0. The number of hydrogen-bond acceptors (Lipinski definition) is 4. The maximum atomic E-state index is 4.46. The Morgan fingerprint density at radius 3 is 2.52 bits per heavy atom. The van der Waals surface area contributed by atoms with Crippen LogP contribution in [0.4, 0.5) is 5.69 Å². The van der Waals surface area contributed by atoms with Gasteiger partial charge in [0.05, 0.1) is 5.69 Å². The van der Waals surface area contributed by atoms with Crippen LogP contribution in [-0.4, -0.2) is 48.1 Å². The van der Waals surface area contributed by atoms with Crippen LogP contribution >= 0.6 is 0 Å². The lowest BCUT2D eigenvalue weighted by molar-refractivity contribution is 0.128. The molecule has 0 aliphatic carbocycles. The Bertz CT molecular complexity index is 431. The Hall–Kier alpha value is -1.13. The van der Waals surface area contributed by atoms with Crippen LogP contribution in [0.15, 0.2) is 18.3 Å². The van der Waals surface area contributed by atoms with Gasteiger partial charge in [0.2, 0.25) is 0 Å². The molecule has 1 aromatic heterocycles. The van der Waals surface area contributed by atoms with E-state index in [1.807, 2.05) is 6.20 Å². The minimum Gasteiger partial charge on any atom is -0.369 e. The second-order valence-electron chi connectivity index (χ2n) is 6.83. The highest BCUT2D eigenvalue weighted by molar-refractivity contribution is 5.47. The quantitative estimate of drug-likeness (QED) is 0.844. The molecule has 1 aliphatic rings. The molecule has 0 bridgehead atoms. The lowest BCUT2D eigenvalue weighted by Gasteiger charge is -2.43. The molecular formula is C17H30N4. The van der Waals surface area contributed by atoms with Crippen LogP contribution in [0, 0.1) is 0 Å². The van der Waals surface area contributed by atoms with Crippen molar-refractivity contribution in [2.24, 2.45) is 0 Å². The predicted molar refractivity (Wildman–Crippen MR) is 89.8 cm³/mol. The largest absolute Gasteiger partial charge is 0.369 e. The summed E-state index contributed by atoms with van der Waals surface area (Å²) in [5.41, 5.74) is 2.73. The monoisotopic (exact) mass is 290 g/mol. The van der Waals surface area contributed by atoms with Gasteiger partial charge in [0, 0.05) is 50.1 Å². The Balaban J connectivity index is 1.92. The molecule has 4 heteroatoms. The van der Waals surface area contributed by atoms with Gasteiger partial charge in [-0.25, -0.2) is 0 Å².